The molecule has 0 spiro atoms. The topological polar surface area (TPSA) is 64.6 Å². The Hall–Kier alpha value is -3.44. The molecular weight excluding hydrogens is 426 g/mol. The van der Waals surface area contributed by atoms with E-state index in [1.807, 2.05) is 42.5 Å². The van der Waals surface area contributed by atoms with Crippen LogP contribution < -0.4 is 5.32 Å². The highest BCUT2D eigenvalue weighted by Crippen LogP contribution is 2.55. The SMILES string of the molecule is O=C(OC1C2NC(C1OC(=O)c1ccccc1)C1C(c3ccccc3)CCC21)c1ccccc1. The zero-order chi connectivity index (χ0) is 23.1. The third kappa shape index (κ3) is 3.61. The lowest BCUT2D eigenvalue weighted by atomic mass is 9.73. The molecule has 1 aliphatic carbocycles. The zero-order valence-corrected chi connectivity index (χ0v) is 18.7. The molecule has 3 aliphatic rings. The maximum atomic E-state index is 13.0. The van der Waals surface area contributed by atoms with Gasteiger partial charge in [0, 0.05) is 0 Å². The van der Waals surface area contributed by atoms with Gasteiger partial charge in [0.2, 0.25) is 0 Å². The van der Waals surface area contributed by atoms with Crippen LogP contribution in [0.5, 0.6) is 0 Å². The van der Waals surface area contributed by atoms with E-state index >= 15 is 0 Å². The summed E-state index contributed by atoms with van der Waals surface area (Å²) in [6.07, 6.45) is 1.11. The Morgan fingerprint density at radius 3 is 1.71 bits per heavy atom. The van der Waals surface area contributed by atoms with Gasteiger partial charge in [-0.2, -0.15) is 0 Å². The van der Waals surface area contributed by atoms with E-state index in [1.54, 1.807) is 24.3 Å². The summed E-state index contributed by atoms with van der Waals surface area (Å²) in [6.45, 7) is 0. The van der Waals surface area contributed by atoms with E-state index in [9.17, 15) is 9.59 Å². The number of rotatable bonds is 5. The van der Waals surface area contributed by atoms with Crippen LogP contribution in [0.3, 0.4) is 0 Å². The van der Waals surface area contributed by atoms with Crippen LogP contribution in [0.1, 0.15) is 45.0 Å². The van der Waals surface area contributed by atoms with Gasteiger partial charge in [-0.15, -0.1) is 0 Å². The van der Waals surface area contributed by atoms with Gasteiger partial charge in [0.15, 0.2) is 12.2 Å². The first-order chi connectivity index (χ1) is 16.7. The monoisotopic (exact) mass is 453 g/mol. The molecule has 172 valence electrons. The van der Waals surface area contributed by atoms with Gasteiger partial charge in [0.05, 0.1) is 23.2 Å². The van der Waals surface area contributed by atoms with Crippen molar-refractivity contribution in [3.63, 3.8) is 0 Å². The Morgan fingerprint density at radius 2 is 1.15 bits per heavy atom. The van der Waals surface area contributed by atoms with E-state index in [-0.39, 0.29) is 24.0 Å². The molecule has 7 unspecified atom stereocenters. The molecule has 5 nitrogen and oxygen atoms in total. The van der Waals surface area contributed by atoms with Crippen LogP contribution >= 0.6 is 0 Å². The predicted octanol–water partition coefficient (Wildman–Crippen LogP) is 4.60. The summed E-state index contributed by atoms with van der Waals surface area (Å²) < 4.78 is 12.1. The molecule has 0 aromatic heterocycles. The number of carbonyl (C=O) groups excluding carboxylic acids is 2. The molecule has 3 aromatic carbocycles. The Balaban J connectivity index is 1.30. The van der Waals surface area contributed by atoms with Crippen LogP contribution in [0.25, 0.3) is 0 Å². The van der Waals surface area contributed by atoms with Crippen molar-refractivity contribution in [3.05, 3.63) is 108 Å². The summed E-state index contributed by atoms with van der Waals surface area (Å²) in [5, 5.41) is 3.69. The molecule has 0 radical (unpaired) electrons. The number of fused-ring (bicyclic) bond motifs is 5. The first kappa shape index (κ1) is 21.1. The highest BCUT2D eigenvalue weighted by Gasteiger charge is 2.64. The normalized spacial score (nSPS) is 31.1. The van der Waals surface area contributed by atoms with Gasteiger partial charge < -0.3 is 14.8 Å². The Bertz CT molecular complexity index is 1170. The maximum absolute atomic E-state index is 13.0. The third-order valence-electron chi connectivity index (χ3n) is 7.80. The van der Waals surface area contributed by atoms with Crippen molar-refractivity contribution in [1.29, 1.82) is 0 Å². The van der Waals surface area contributed by atoms with Crippen molar-refractivity contribution >= 4 is 11.9 Å². The van der Waals surface area contributed by atoms with Crippen LogP contribution in [-0.2, 0) is 9.47 Å². The molecule has 3 aromatic rings. The van der Waals surface area contributed by atoms with Gasteiger partial charge in [0.25, 0.3) is 0 Å². The van der Waals surface area contributed by atoms with Gasteiger partial charge >= 0.3 is 11.9 Å². The number of hydrogen-bond donors (Lipinski definition) is 1. The van der Waals surface area contributed by atoms with Crippen LogP contribution in [-0.4, -0.2) is 36.2 Å². The number of hydrogen-bond acceptors (Lipinski definition) is 5. The molecule has 34 heavy (non-hydrogen) atoms. The minimum Gasteiger partial charge on any atom is -0.453 e. The van der Waals surface area contributed by atoms with Crippen LogP contribution in [0, 0.1) is 11.8 Å². The molecule has 1 saturated carbocycles. The average Bonchev–Trinajstić information content (AvgIpc) is 3.58. The molecule has 3 fully saturated rings. The van der Waals surface area contributed by atoms with E-state index in [2.05, 4.69) is 29.6 Å². The van der Waals surface area contributed by atoms with E-state index in [0.717, 1.165) is 12.8 Å². The molecule has 2 heterocycles. The lowest BCUT2D eigenvalue weighted by Crippen LogP contribution is -2.50. The van der Waals surface area contributed by atoms with Gasteiger partial charge in [-0.3, -0.25) is 0 Å². The second kappa shape index (κ2) is 8.73. The van der Waals surface area contributed by atoms with Gasteiger partial charge in [-0.05, 0) is 60.4 Å². The lowest BCUT2D eigenvalue weighted by Gasteiger charge is -2.37. The summed E-state index contributed by atoms with van der Waals surface area (Å²) in [6, 6.07) is 28.5. The van der Waals surface area contributed by atoms with Gasteiger partial charge in [-0.1, -0.05) is 66.7 Å². The van der Waals surface area contributed by atoms with E-state index in [0.29, 0.717) is 28.9 Å². The number of benzene rings is 3. The molecule has 1 N–H and O–H groups in total. The summed E-state index contributed by atoms with van der Waals surface area (Å²) >= 11 is 0. The Morgan fingerprint density at radius 1 is 0.647 bits per heavy atom. The van der Waals surface area contributed by atoms with E-state index in [1.165, 1.54) is 5.56 Å². The fraction of sp³-hybridized carbons (Fsp3) is 0.310. The standard InChI is InChI=1S/C29H27NO4/c31-28(19-12-6-2-7-13-19)33-26-24-22-17-16-21(18-10-4-1-5-11-18)23(22)25(30-24)27(26)34-29(32)20-14-8-3-9-15-20/h1-15,21-27,30H,16-17H2. The number of esters is 2. The molecule has 2 bridgehead atoms. The Labute approximate surface area is 199 Å². The van der Waals surface area contributed by atoms with Crippen molar-refractivity contribution in [3.8, 4) is 0 Å². The maximum Gasteiger partial charge on any atom is 0.338 e. The van der Waals surface area contributed by atoms with Crippen molar-refractivity contribution in [2.75, 3.05) is 0 Å². The fourth-order valence-electron chi connectivity index (χ4n) is 6.41. The fourth-order valence-corrected chi connectivity index (χ4v) is 6.41. The molecule has 6 rings (SSSR count). The van der Waals surface area contributed by atoms with E-state index in [4.69, 9.17) is 9.47 Å². The van der Waals surface area contributed by atoms with Crippen LogP contribution in [0.4, 0.5) is 0 Å². The van der Waals surface area contributed by atoms with Crippen LogP contribution in [0.15, 0.2) is 91.0 Å². The predicted molar refractivity (Wildman–Crippen MR) is 127 cm³/mol. The smallest absolute Gasteiger partial charge is 0.338 e. The summed E-state index contributed by atoms with van der Waals surface area (Å²) in [7, 11) is 0. The largest absolute Gasteiger partial charge is 0.453 e. The number of ether oxygens (including phenoxy) is 2. The highest BCUT2D eigenvalue weighted by molar-refractivity contribution is 5.90. The Kier molecular flexibility index (Phi) is 5.42. The summed E-state index contributed by atoms with van der Waals surface area (Å²) in [5.74, 6) is 0.363. The summed E-state index contributed by atoms with van der Waals surface area (Å²) in [4.78, 5) is 26.0. The van der Waals surface area contributed by atoms with Crippen molar-refractivity contribution < 1.29 is 19.1 Å². The van der Waals surface area contributed by atoms with Crippen molar-refractivity contribution in [1.82, 2.24) is 5.32 Å². The minimum absolute atomic E-state index is 0.0232. The number of nitrogens with one attached hydrogen (secondary N) is 1. The zero-order valence-electron chi connectivity index (χ0n) is 18.7. The molecule has 2 saturated heterocycles. The average molecular weight is 454 g/mol. The second-order valence-electron chi connectivity index (χ2n) is 9.53. The summed E-state index contributed by atoms with van der Waals surface area (Å²) in [5.41, 5.74) is 2.33. The lowest BCUT2D eigenvalue weighted by molar-refractivity contribution is -0.0551. The molecule has 5 heteroatoms. The van der Waals surface area contributed by atoms with Gasteiger partial charge in [0.1, 0.15) is 0 Å². The van der Waals surface area contributed by atoms with Crippen LogP contribution in [0.2, 0.25) is 0 Å². The molecular formula is C29H27NO4. The molecule has 7 atom stereocenters. The first-order valence-electron chi connectivity index (χ1n) is 12.0. The highest BCUT2D eigenvalue weighted by atomic mass is 16.6. The van der Waals surface area contributed by atoms with Crippen molar-refractivity contribution in [2.24, 2.45) is 11.8 Å². The minimum atomic E-state index is -0.532. The molecule has 0 amide bonds. The van der Waals surface area contributed by atoms with E-state index < -0.39 is 12.2 Å². The first-order valence-corrected chi connectivity index (χ1v) is 12.0. The van der Waals surface area contributed by atoms with Crippen molar-refractivity contribution in [2.45, 2.75) is 43.1 Å². The third-order valence-corrected chi connectivity index (χ3v) is 7.80. The number of carbonyl (C=O) groups is 2. The quantitative estimate of drug-likeness (QED) is 0.572. The van der Waals surface area contributed by atoms with Gasteiger partial charge in [-0.25, -0.2) is 9.59 Å². The molecule has 2 aliphatic heterocycles. The second-order valence-corrected chi connectivity index (χ2v) is 9.53.